The molecule has 164 valence electrons. The van der Waals surface area contributed by atoms with Crippen molar-refractivity contribution in [1.82, 2.24) is 29.4 Å². The maximum absolute atomic E-state index is 14.5. The van der Waals surface area contributed by atoms with Gasteiger partial charge in [-0.1, -0.05) is 0 Å². The molecule has 0 atom stereocenters. The summed E-state index contributed by atoms with van der Waals surface area (Å²) in [5.74, 6) is -0.0327. The largest absolute Gasteiger partial charge is 0.481 e. The summed E-state index contributed by atoms with van der Waals surface area (Å²) in [7, 11) is 1.42. The van der Waals surface area contributed by atoms with E-state index in [4.69, 9.17) is 14.2 Å². The Hall–Kier alpha value is -3.50. The van der Waals surface area contributed by atoms with Crippen molar-refractivity contribution in [2.45, 2.75) is 38.9 Å². The Morgan fingerprint density at radius 3 is 2.65 bits per heavy atom. The predicted octanol–water partition coefficient (Wildman–Crippen LogP) is 2.75. The fourth-order valence-corrected chi connectivity index (χ4v) is 3.36. The molecule has 11 heteroatoms. The molecule has 1 saturated heterocycles. The highest BCUT2D eigenvalue weighted by Gasteiger charge is 2.26. The van der Waals surface area contributed by atoms with Crippen LogP contribution in [-0.4, -0.2) is 67.9 Å². The number of carbonyl (C=O) groups excluding carboxylic acids is 1. The molecule has 3 aromatic heterocycles. The molecule has 0 saturated carbocycles. The molecule has 1 aliphatic heterocycles. The number of aromatic nitrogens is 5. The van der Waals surface area contributed by atoms with Gasteiger partial charge in [0.25, 0.3) is 0 Å². The van der Waals surface area contributed by atoms with Gasteiger partial charge in [-0.15, -0.1) is 0 Å². The van der Waals surface area contributed by atoms with Gasteiger partial charge in [0, 0.05) is 32.0 Å². The van der Waals surface area contributed by atoms with Crippen LogP contribution >= 0.6 is 0 Å². The lowest BCUT2D eigenvalue weighted by molar-refractivity contribution is 0.0510. The van der Waals surface area contributed by atoms with E-state index in [1.165, 1.54) is 36.6 Å². The summed E-state index contributed by atoms with van der Waals surface area (Å²) in [6.07, 6.45) is 4.81. The number of methoxy groups -OCH3 is 1. The number of likely N-dealkylation sites (tertiary alicyclic amines) is 1. The molecule has 10 nitrogen and oxygen atoms in total. The van der Waals surface area contributed by atoms with Gasteiger partial charge in [0.15, 0.2) is 17.0 Å². The van der Waals surface area contributed by atoms with Crippen LogP contribution in [0.5, 0.6) is 11.8 Å². The number of carbonyl (C=O) groups is 1. The summed E-state index contributed by atoms with van der Waals surface area (Å²) in [4.78, 5) is 30.5. The summed E-state index contributed by atoms with van der Waals surface area (Å²) < 4.78 is 32.2. The number of piperidine rings is 1. The van der Waals surface area contributed by atoms with E-state index in [0.29, 0.717) is 43.0 Å². The van der Waals surface area contributed by atoms with E-state index in [1.807, 2.05) is 13.8 Å². The number of fused-ring (bicyclic) bond motifs is 1. The first-order valence-corrected chi connectivity index (χ1v) is 9.96. The van der Waals surface area contributed by atoms with Gasteiger partial charge >= 0.3 is 6.09 Å². The number of hydrogen-bond acceptors (Lipinski definition) is 8. The lowest BCUT2D eigenvalue weighted by atomic mass is 10.1. The standard InChI is InChI=1S/C20H23FN6O4/c1-12(2)30-20(28)26-6-4-13(5-7-26)31-19-17-18(23-10-24-19)27(11-25-17)15-9-22-16(29-3)8-14(15)21/h8-13H,4-7H2,1-3H3. The Balaban J connectivity index is 1.50. The van der Waals surface area contributed by atoms with E-state index in [1.54, 1.807) is 4.90 Å². The maximum atomic E-state index is 14.5. The summed E-state index contributed by atoms with van der Waals surface area (Å²) >= 11 is 0. The Labute approximate surface area is 178 Å². The topological polar surface area (TPSA) is 104 Å². The van der Waals surface area contributed by atoms with Crippen molar-refractivity contribution in [3.8, 4) is 17.4 Å². The van der Waals surface area contributed by atoms with Gasteiger partial charge < -0.3 is 19.1 Å². The van der Waals surface area contributed by atoms with E-state index in [2.05, 4.69) is 19.9 Å². The highest BCUT2D eigenvalue weighted by Crippen LogP contribution is 2.27. The van der Waals surface area contributed by atoms with Gasteiger partial charge in [-0.3, -0.25) is 4.57 Å². The predicted molar refractivity (Wildman–Crippen MR) is 108 cm³/mol. The molecule has 4 heterocycles. The lowest BCUT2D eigenvalue weighted by Crippen LogP contribution is -2.42. The minimum atomic E-state index is -0.520. The fraction of sp³-hybridized carbons (Fsp3) is 0.450. The zero-order valence-corrected chi connectivity index (χ0v) is 17.5. The summed E-state index contributed by atoms with van der Waals surface area (Å²) in [5.41, 5.74) is 0.998. The molecule has 1 fully saturated rings. The van der Waals surface area contributed by atoms with Gasteiger partial charge in [-0.05, 0) is 13.8 Å². The number of nitrogens with zero attached hydrogens (tertiary/aromatic N) is 6. The van der Waals surface area contributed by atoms with Gasteiger partial charge in [-0.2, -0.15) is 4.98 Å². The van der Waals surface area contributed by atoms with Crippen molar-refractivity contribution in [2.75, 3.05) is 20.2 Å². The quantitative estimate of drug-likeness (QED) is 0.609. The zero-order valence-electron chi connectivity index (χ0n) is 17.5. The van der Waals surface area contributed by atoms with Crippen LogP contribution < -0.4 is 9.47 Å². The first kappa shape index (κ1) is 20.8. The first-order chi connectivity index (χ1) is 15.0. The van der Waals surface area contributed by atoms with Gasteiger partial charge in [0.2, 0.25) is 11.8 Å². The van der Waals surface area contributed by atoms with Crippen LogP contribution in [0.2, 0.25) is 0 Å². The van der Waals surface area contributed by atoms with Crippen LogP contribution in [0.1, 0.15) is 26.7 Å². The average Bonchev–Trinajstić information content (AvgIpc) is 3.18. The smallest absolute Gasteiger partial charge is 0.410 e. The van der Waals surface area contributed by atoms with Crippen LogP contribution in [0.15, 0.2) is 24.9 Å². The Morgan fingerprint density at radius 2 is 1.97 bits per heavy atom. The van der Waals surface area contributed by atoms with Crippen molar-refractivity contribution < 1.29 is 23.4 Å². The van der Waals surface area contributed by atoms with Crippen molar-refractivity contribution in [1.29, 1.82) is 0 Å². The molecule has 0 bridgehead atoms. The summed E-state index contributed by atoms with van der Waals surface area (Å²) in [5, 5.41) is 0. The van der Waals surface area contributed by atoms with E-state index in [9.17, 15) is 9.18 Å². The maximum Gasteiger partial charge on any atom is 0.410 e. The molecule has 4 rings (SSSR count). The SMILES string of the molecule is COc1cc(F)c(-n2cnc3c(OC4CCN(C(=O)OC(C)C)CC4)ncnc32)cn1. The van der Waals surface area contributed by atoms with Crippen molar-refractivity contribution in [3.63, 3.8) is 0 Å². The van der Waals surface area contributed by atoms with Crippen LogP contribution in [0.3, 0.4) is 0 Å². The van der Waals surface area contributed by atoms with Gasteiger partial charge in [-0.25, -0.2) is 24.1 Å². The van der Waals surface area contributed by atoms with E-state index < -0.39 is 5.82 Å². The second-order valence-corrected chi connectivity index (χ2v) is 7.38. The zero-order chi connectivity index (χ0) is 22.0. The van der Waals surface area contributed by atoms with Gasteiger partial charge in [0.1, 0.15) is 24.4 Å². The molecule has 3 aromatic rings. The average molecular weight is 430 g/mol. The summed E-state index contributed by atoms with van der Waals surface area (Å²) in [6.45, 7) is 4.70. The Kier molecular flexibility index (Phi) is 5.83. The molecule has 31 heavy (non-hydrogen) atoms. The molecule has 0 N–H and O–H groups in total. The minimum Gasteiger partial charge on any atom is -0.481 e. The Bertz CT molecular complexity index is 1080. The molecule has 0 aromatic carbocycles. The number of pyridine rings is 1. The molecule has 1 aliphatic rings. The molecule has 1 amide bonds. The van der Waals surface area contributed by atoms with Crippen molar-refractivity contribution in [2.24, 2.45) is 0 Å². The number of halogens is 1. The van der Waals surface area contributed by atoms with Crippen LogP contribution in [-0.2, 0) is 4.74 Å². The second-order valence-electron chi connectivity index (χ2n) is 7.38. The van der Waals surface area contributed by atoms with Gasteiger partial charge in [0.05, 0.1) is 19.4 Å². The number of imidazole rings is 1. The highest BCUT2D eigenvalue weighted by atomic mass is 19.1. The minimum absolute atomic E-state index is 0.134. The van der Waals surface area contributed by atoms with Crippen LogP contribution in [0, 0.1) is 5.82 Å². The number of ether oxygens (including phenoxy) is 3. The number of hydrogen-bond donors (Lipinski definition) is 0. The third-order valence-electron chi connectivity index (χ3n) is 4.89. The third kappa shape index (κ3) is 4.35. The third-order valence-corrected chi connectivity index (χ3v) is 4.89. The lowest BCUT2D eigenvalue weighted by Gasteiger charge is -2.31. The van der Waals surface area contributed by atoms with E-state index in [0.717, 1.165) is 0 Å². The highest BCUT2D eigenvalue weighted by molar-refractivity contribution is 5.77. The molecule has 0 spiro atoms. The van der Waals surface area contributed by atoms with Crippen LogP contribution in [0.25, 0.3) is 16.9 Å². The molecular formula is C20H23FN6O4. The Morgan fingerprint density at radius 1 is 1.19 bits per heavy atom. The number of rotatable bonds is 5. The molecular weight excluding hydrogens is 407 g/mol. The normalized spacial score (nSPS) is 14.8. The van der Waals surface area contributed by atoms with Crippen molar-refractivity contribution >= 4 is 17.3 Å². The molecule has 0 aliphatic carbocycles. The molecule has 0 unspecified atom stereocenters. The fourth-order valence-electron chi connectivity index (χ4n) is 3.36. The van der Waals surface area contributed by atoms with E-state index >= 15 is 0 Å². The summed E-state index contributed by atoms with van der Waals surface area (Å²) in [6, 6.07) is 1.19. The number of amides is 1. The monoisotopic (exact) mass is 430 g/mol. The molecule has 0 radical (unpaired) electrons. The van der Waals surface area contributed by atoms with Crippen molar-refractivity contribution in [3.05, 3.63) is 30.7 Å². The second kappa shape index (κ2) is 8.70. The van der Waals surface area contributed by atoms with Crippen LogP contribution in [0.4, 0.5) is 9.18 Å². The first-order valence-electron chi connectivity index (χ1n) is 9.96. The van der Waals surface area contributed by atoms with E-state index in [-0.39, 0.29) is 29.9 Å².